The second-order valence-electron chi connectivity index (χ2n) is 18.5. The predicted octanol–water partition coefficient (Wildman–Crippen LogP) is 17.0. The standard InChI is InChI=1S/C63H43N3/c1-63(2)56-37-42(47-21-13-23-53-54-24-14-22-52-50-19-9-12-26-59(50)66(61(47)53)62(52)54)29-34-48(56)49-35-32-46(39-57(49)63)64(44-30-27-41(28-31-44)40-15-5-3-6-16-40)45-33-36-60-55(38-45)51-20-10-11-25-58(51)65(60)43-17-7-4-8-18-43/h3-39H,1-2H3. The van der Waals surface area contributed by atoms with Gasteiger partial charge in [-0.15, -0.1) is 0 Å². The van der Waals surface area contributed by atoms with Crippen molar-refractivity contribution >= 4 is 77.0 Å². The molecule has 0 bridgehead atoms. The Morgan fingerprint density at radius 3 is 1.62 bits per heavy atom. The van der Waals surface area contributed by atoms with Crippen LogP contribution in [0.15, 0.2) is 224 Å². The summed E-state index contributed by atoms with van der Waals surface area (Å²) < 4.78 is 4.91. The van der Waals surface area contributed by atoms with Crippen molar-refractivity contribution in [3.8, 4) is 39.1 Å². The summed E-state index contributed by atoms with van der Waals surface area (Å²) in [6, 6.07) is 83.0. The van der Waals surface area contributed by atoms with Crippen LogP contribution in [0.2, 0.25) is 0 Å². The highest BCUT2D eigenvalue weighted by molar-refractivity contribution is 6.25. The van der Waals surface area contributed by atoms with E-state index in [4.69, 9.17) is 0 Å². The maximum atomic E-state index is 2.52. The molecule has 1 aliphatic rings. The molecule has 0 radical (unpaired) electrons. The summed E-state index contributed by atoms with van der Waals surface area (Å²) in [5.74, 6) is 0. The van der Waals surface area contributed by atoms with Gasteiger partial charge in [0.1, 0.15) is 0 Å². The lowest BCUT2D eigenvalue weighted by atomic mass is 9.81. The summed E-state index contributed by atoms with van der Waals surface area (Å²) in [5.41, 5.74) is 20.7. The normalized spacial score (nSPS) is 13.1. The number of nitrogens with zero attached hydrogens (tertiary/aromatic N) is 3. The van der Waals surface area contributed by atoms with Crippen LogP contribution in [0.1, 0.15) is 25.0 Å². The minimum absolute atomic E-state index is 0.249. The van der Waals surface area contributed by atoms with Gasteiger partial charge in [-0.2, -0.15) is 0 Å². The van der Waals surface area contributed by atoms with E-state index < -0.39 is 0 Å². The van der Waals surface area contributed by atoms with Crippen molar-refractivity contribution in [2.75, 3.05) is 4.90 Å². The molecule has 0 spiro atoms. The van der Waals surface area contributed by atoms with E-state index in [1.165, 1.54) is 104 Å². The van der Waals surface area contributed by atoms with Gasteiger partial charge >= 0.3 is 0 Å². The molecule has 0 amide bonds. The number of aromatic nitrogens is 2. The molecule has 0 atom stereocenters. The van der Waals surface area contributed by atoms with E-state index >= 15 is 0 Å². The minimum Gasteiger partial charge on any atom is -0.310 e. The molecule has 3 nitrogen and oxygen atoms in total. The summed E-state index contributed by atoms with van der Waals surface area (Å²) in [5, 5.41) is 7.68. The summed E-state index contributed by atoms with van der Waals surface area (Å²) in [7, 11) is 0. The molecule has 0 saturated heterocycles. The van der Waals surface area contributed by atoms with E-state index in [-0.39, 0.29) is 5.41 Å². The Morgan fingerprint density at radius 2 is 0.848 bits per heavy atom. The number of para-hydroxylation sites is 5. The molecule has 66 heavy (non-hydrogen) atoms. The number of fused-ring (bicyclic) bond motifs is 12. The second kappa shape index (κ2) is 13.8. The molecule has 10 aromatic carbocycles. The molecule has 13 aromatic rings. The zero-order chi connectivity index (χ0) is 43.7. The lowest BCUT2D eigenvalue weighted by molar-refractivity contribution is 0.660. The maximum Gasteiger partial charge on any atom is 0.0620 e. The lowest BCUT2D eigenvalue weighted by Crippen LogP contribution is -2.16. The molecular formula is C63H43N3. The zero-order valence-corrected chi connectivity index (χ0v) is 36.7. The third kappa shape index (κ3) is 5.20. The average molecular weight is 842 g/mol. The average Bonchev–Trinajstić information content (AvgIpc) is 4.07. The fraction of sp³-hybridized carbons (Fsp3) is 0.0476. The summed E-state index contributed by atoms with van der Waals surface area (Å²) >= 11 is 0. The van der Waals surface area contributed by atoms with Gasteiger partial charge in [0.15, 0.2) is 0 Å². The highest BCUT2D eigenvalue weighted by Gasteiger charge is 2.37. The van der Waals surface area contributed by atoms with Gasteiger partial charge in [0.2, 0.25) is 0 Å². The van der Waals surface area contributed by atoms with Crippen LogP contribution in [0.3, 0.4) is 0 Å². The number of hydrogen-bond acceptors (Lipinski definition) is 1. The fourth-order valence-corrected chi connectivity index (χ4v) is 11.6. The van der Waals surface area contributed by atoms with Crippen molar-refractivity contribution < 1.29 is 0 Å². The first kappa shape index (κ1) is 37.0. The SMILES string of the molecule is CC1(C)c2cc(-c3cccc4c5cccc6c7ccccc7n(c34)c65)ccc2-c2ccc(N(c3ccc(-c4ccccc4)cc3)c3ccc4c(c3)c3ccccc3n4-c3ccccc3)cc21. The molecule has 3 aromatic heterocycles. The maximum absolute atomic E-state index is 2.52. The van der Waals surface area contributed by atoms with Crippen molar-refractivity contribution in [3.63, 3.8) is 0 Å². The van der Waals surface area contributed by atoms with E-state index in [1.54, 1.807) is 0 Å². The van der Waals surface area contributed by atoms with E-state index in [1.807, 2.05) is 0 Å². The Kier molecular flexibility index (Phi) is 7.74. The first-order chi connectivity index (χ1) is 32.5. The summed E-state index contributed by atoms with van der Waals surface area (Å²) in [6.07, 6.45) is 0. The van der Waals surface area contributed by atoms with Gasteiger partial charge in [0.25, 0.3) is 0 Å². The van der Waals surface area contributed by atoms with Crippen LogP contribution in [0.25, 0.3) is 99.0 Å². The van der Waals surface area contributed by atoms with Crippen LogP contribution in [-0.4, -0.2) is 8.97 Å². The largest absolute Gasteiger partial charge is 0.310 e. The van der Waals surface area contributed by atoms with E-state index in [9.17, 15) is 0 Å². The molecule has 14 rings (SSSR count). The van der Waals surface area contributed by atoms with E-state index in [0.717, 1.165) is 22.7 Å². The van der Waals surface area contributed by atoms with Gasteiger partial charge in [-0.05, 0) is 112 Å². The monoisotopic (exact) mass is 841 g/mol. The summed E-state index contributed by atoms with van der Waals surface area (Å²) in [6.45, 7) is 4.81. The lowest BCUT2D eigenvalue weighted by Gasteiger charge is -2.28. The third-order valence-electron chi connectivity index (χ3n) is 14.6. The van der Waals surface area contributed by atoms with Crippen molar-refractivity contribution in [1.29, 1.82) is 0 Å². The Bertz CT molecular complexity index is 4060. The smallest absolute Gasteiger partial charge is 0.0620 e. The van der Waals surface area contributed by atoms with Crippen LogP contribution in [0.5, 0.6) is 0 Å². The first-order valence-electron chi connectivity index (χ1n) is 23.0. The molecule has 0 aliphatic heterocycles. The van der Waals surface area contributed by atoms with Crippen molar-refractivity contribution in [2.45, 2.75) is 19.3 Å². The summed E-state index contributed by atoms with van der Waals surface area (Å²) in [4.78, 5) is 2.45. The third-order valence-corrected chi connectivity index (χ3v) is 14.6. The molecule has 1 aliphatic carbocycles. The second-order valence-corrected chi connectivity index (χ2v) is 18.5. The van der Waals surface area contributed by atoms with Crippen molar-refractivity contribution in [2.24, 2.45) is 0 Å². The Morgan fingerprint density at radius 1 is 0.333 bits per heavy atom. The topological polar surface area (TPSA) is 12.6 Å². The molecular weight excluding hydrogens is 799 g/mol. The molecule has 3 heterocycles. The van der Waals surface area contributed by atoms with Crippen molar-refractivity contribution in [3.05, 3.63) is 236 Å². The molecule has 0 fully saturated rings. The molecule has 0 N–H and O–H groups in total. The van der Waals surface area contributed by atoms with Gasteiger partial charge in [0.05, 0.1) is 27.6 Å². The number of anilines is 3. The molecule has 0 unspecified atom stereocenters. The fourth-order valence-electron chi connectivity index (χ4n) is 11.6. The first-order valence-corrected chi connectivity index (χ1v) is 23.0. The Labute approximate surface area is 383 Å². The van der Waals surface area contributed by atoms with Crippen LogP contribution >= 0.6 is 0 Å². The van der Waals surface area contributed by atoms with E-state index in [0.29, 0.717) is 0 Å². The molecule has 0 saturated carbocycles. The number of benzene rings is 10. The highest BCUT2D eigenvalue weighted by Crippen LogP contribution is 2.53. The van der Waals surface area contributed by atoms with Crippen molar-refractivity contribution in [1.82, 2.24) is 8.97 Å². The van der Waals surface area contributed by atoms with Crippen LogP contribution < -0.4 is 4.90 Å². The van der Waals surface area contributed by atoms with Crippen LogP contribution in [-0.2, 0) is 5.41 Å². The Balaban J connectivity index is 0.922. The molecule has 3 heteroatoms. The molecule has 310 valence electrons. The van der Waals surface area contributed by atoms with E-state index in [2.05, 4.69) is 252 Å². The van der Waals surface area contributed by atoms with Gasteiger partial charge in [-0.25, -0.2) is 0 Å². The highest BCUT2D eigenvalue weighted by atomic mass is 15.1. The quantitative estimate of drug-likeness (QED) is 0.162. The van der Waals surface area contributed by atoms with Crippen LogP contribution in [0, 0.1) is 0 Å². The number of rotatable bonds is 6. The van der Waals surface area contributed by atoms with Crippen LogP contribution in [0.4, 0.5) is 17.1 Å². The zero-order valence-electron chi connectivity index (χ0n) is 36.7. The van der Waals surface area contributed by atoms with Gasteiger partial charge in [-0.1, -0.05) is 166 Å². The Hall–Kier alpha value is -8.40. The predicted molar refractivity (Wildman–Crippen MR) is 279 cm³/mol. The number of hydrogen-bond donors (Lipinski definition) is 0. The van der Waals surface area contributed by atoms with Gasteiger partial charge in [-0.3, -0.25) is 0 Å². The minimum atomic E-state index is -0.249. The van der Waals surface area contributed by atoms with Gasteiger partial charge < -0.3 is 13.9 Å². The van der Waals surface area contributed by atoms with Gasteiger partial charge in [0, 0.05) is 66.0 Å².